The Balaban J connectivity index is 2.04. The Labute approximate surface area is 109 Å². The molecule has 1 heterocycles. The Bertz CT molecular complexity index is 209. The third kappa shape index (κ3) is 6.07. The first-order valence-corrected chi connectivity index (χ1v) is 6.95. The van der Waals surface area contributed by atoms with Crippen molar-refractivity contribution in [3.05, 3.63) is 0 Å². The Kier molecular flexibility index (Phi) is 7.70. The minimum absolute atomic E-state index is 0.364. The molecule has 18 heavy (non-hydrogen) atoms. The molecule has 1 aliphatic heterocycles. The SMILES string of the molecule is CCN1CCC(C(C)NCCOCC(F)F)CC1. The van der Waals surface area contributed by atoms with Crippen molar-refractivity contribution in [2.24, 2.45) is 5.92 Å². The lowest BCUT2D eigenvalue weighted by molar-refractivity contribution is 0.0176. The van der Waals surface area contributed by atoms with Gasteiger partial charge in [0, 0.05) is 12.6 Å². The van der Waals surface area contributed by atoms with Crippen molar-refractivity contribution >= 4 is 0 Å². The van der Waals surface area contributed by atoms with Crippen molar-refractivity contribution in [1.82, 2.24) is 10.2 Å². The van der Waals surface area contributed by atoms with Crippen LogP contribution in [-0.2, 0) is 4.74 Å². The third-order valence-corrected chi connectivity index (χ3v) is 3.74. The number of nitrogens with one attached hydrogen (secondary N) is 1. The molecule has 1 rings (SSSR count). The molecule has 0 bridgehead atoms. The molecule has 0 radical (unpaired) electrons. The molecule has 1 N–H and O–H groups in total. The highest BCUT2D eigenvalue weighted by molar-refractivity contribution is 4.79. The first kappa shape index (κ1) is 15.8. The number of piperidine rings is 1. The van der Waals surface area contributed by atoms with Crippen LogP contribution in [0.2, 0.25) is 0 Å². The number of rotatable bonds is 8. The van der Waals surface area contributed by atoms with Crippen molar-refractivity contribution in [2.75, 3.05) is 39.4 Å². The van der Waals surface area contributed by atoms with Crippen molar-refractivity contribution in [2.45, 2.75) is 39.2 Å². The highest BCUT2D eigenvalue weighted by Crippen LogP contribution is 2.20. The monoisotopic (exact) mass is 264 g/mol. The Morgan fingerprint density at radius 3 is 2.56 bits per heavy atom. The molecule has 1 unspecified atom stereocenters. The van der Waals surface area contributed by atoms with E-state index in [9.17, 15) is 8.78 Å². The molecule has 0 amide bonds. The van der Waals surface area contributed by atoms with Gasteiger partial charge in [-0.15, -0.1) is 0 Å². The zero-order valence-corrected chi connectivity index (χ0v) is 11.5. The van der Waals surface area contributed by atoms with Crippen LogP contribution in [0.4, 0.5) is 8.78 Å². The van der Waals surface area contributed by atoms with Gasteiger partial charge in [-0.25, -0.2) is 8.78 Å². The second kappa shape index (κ2) is 8.77. The van der Waals surface area contributed by atoms with Gasteiger partial charge in [0.15, 0.2) is 0 Å². The van der Waals surface area contributed by atoms with Crippen LogP contribution < -0.4 is 5.32 Å². The summed E-state index contributed by atoms with van der Waals surface area (Å²) in [7, 11) is 0. The maximum Gasteiger partial charge on any atom is 0.261 e. The van der Waals surface area contributed by atoms with Crippen LogP contribution in [0.15, 0.2) is 0 Å². The molecular weight excluding hydrogens is 238 g/mol. The molecule has 0 aromatic heterocycles. The molecule has 3 nitrogen and oxygen atoms in total. The number of ether oxygens (including phenoxy) is 1. The summed E-state index contributed by atoms with van der Waals surface area (Å²) in [5.74, 6) is 0.697. The topological polar surface area (TPSA) is 24.5 Å². The van der Waals surface area contributed by atoms with E-state index in [0.717, 1.165) is 6.54 Å². The van der Waals surface area contributed by atoms with Crippen molar-refractivity contribution in [3.63, 3.8) is 0 Å². The standard InChI is InChI=1S/C13H26F2N2O/c1-3-17-7-4-12(5-8-17)11(2)16-6-9-18-10-13(14)15/h11-13,16H,3-10H2,1-2H3. The van der Waals surface area contributed by atoms with Crippen molar-refractivity contribution in [1.29, 1.82) is 0 Å². The van der Waals surface area contributed by atoms with E-state index in [1.165, 1.54) is 25.9 Å². The molecule has 108 valence electrons. The maximum absolute atomic E-state index is 11.8. The molecule has 0 saturated carbocycles. The molecule has 5 heteroatoms. The molecule has 1 aliphatic rings. The summed E-state index contributed by atoms with van der Waals surface area (Å²) in [5, 5.41) is 3.37. The summed E-state index contributed by atoms with van der Waals surface area (Å²) in [6, 6.07) is 0.444. The highest BCUT2D eigenvalue weighted by atomic mass is 19.3. The van der Waals surface area contributed by atoms with Gasteiger partial charge in [0.1, 0.15) is 6.61 Å². The van der Waals surface area contributed by atoms with Gasteiger partial charge >= 0.3 is 0 Å². The number of alkyl halides is 2. The van der Waals surface area contributed by atoms with Crippen LogP contribution in [-0.4, -0.2) is 56.8 Å². The average Bonchev–Trinajstić information content (AvgIpc) is 2.38. The number of hydrogen-bond donors (Lipinski definition) is 1. The minimum Gasteiger partial charge on any atom is -0.374 e. The highest BCUT2D eigenvalue weighted by Gasteiger charge is 2.22. The number of nitrogens with zero attached hydrogens (tertiary/aromatic N) is 1. The Morgan fingerprint density at radius 2 is 2.00 bits per heavy atom. The zero-order chi connectivity index (χ0) is 13.4. The van der Waals surface area contributed by atoms with E-state index in [4.69, 9.17) is 4.74 Å². The number of hydrogen-bond acceptors (Lipinski definition) is 3. The fourth-order valence-corrected chi connectivity index (χ4v) is 2.47. The molecule has 1 atom stereocenters. The second-order valence-corrected chi connectivity index (χ2v) is 4.98. The van der Waals surface area contributed by atoms with Crippen LogP contribution in [0.5, 0.6) is 0 Å². The van der Waals surface area contributed by atoms with E-state index < -0.39 is 13.0 Å². The molecule has 1 fully saturated rings. The van der Waals surface area contributed by atoms with Crippen LogP contribution in [0.1, 0.15) is 26.7 Å². The van der Waals surface area contributed by atoms with Gasteiger partial charge in [-0.1, -0.05) is 6.92 Å². The summed E-state index contributed by atoms with van der Waals surface area (Å²) in [4.78, 5) is 2.47. The lowest BCUT2D eigenvalue weighted by Crippen LogP contribution is -2.42. The molecule has 0 aromatic rings. The molecule has 0 aromatic carbocycles. The van der Waals surface area contributed by atoms with Gasteiger partial charge in [0.05, 0.1) is 6.61 Å². The molecular formula is C13H26F2N2O. The zero-order valence-electron chi connectivity index (χ0n) is 11.5. The van der Waals surface area contributed by atoms with Gasteiger partial charge in [-0.2, -0.15) is 0 Å². The van der Waals surface area contributed by atoms with Crippen LogP contribution in [0.3, 0.4) is 0 Å². The quantitative estimate of drug-likeness (QED) is 0.678. The summed E-state index contributed by atoms with van der Waals surface area (Å²) >= 11 is 0. The van der Waals surface area contributed by atoms with Crippen LogP contribution in [0, 0.1) is 5.92 Å². The lowest BCUT2D eigenvalue weighted by atomic mass is 9.90. The smallest absolute Gasteiger partial charge is 0.261 e. The molecule has 0 spiro atoms. The normalized spacial score (nSPS) is 20.5. The lowest BCUT2D eigenvalue weighted by Gasteiger charge is -2.34. The molecule has 1 saturated heterocycles. The van der Waals surface area contributed by atoms with Gasteiger partial charge < -0.3 is 15.0 Å². The van der Waals surface area contributed by atoms with Gasteiger partial charge in [-0.05, 0) is 45.3 Å². The maximum atomic E-state index is 11.8. The fraction of sp³-hybridized carbons (Fsp3) is 1.00. The van der Waals surface area contributed by atoms with E-state index in [1.54, 1.807) is 0 Å². The third-order valence-electron chi connectivity index (χ3n) is 3.74. The van der Waals surface area contributed by atoms with E-state index in [1.807, 2.05) is 0 Å². The largest absolute Gasteiger partial charge is 0.374 e. The van der Waals surface area contributed by atoms with Gasteiger partial charge in [0.25, 0.3) is 6.43 Å². The predicted octanol–water partition coefficient (Wildman–Crippen LogP) is 1.98. The number of halogens is 2. The average molecular weight is 264 g/mol. The fourth-order valence-electron chi connectivity index (χ4n) is 2.47. The second-order valence-electron chi connectivity index (χ2n) is 4.98. The van der Waals surface area contributed by atoms with Crippen LogP contribution in [0.25, 0.3) is 0 Å². The van der Waals surface area contributed by atoms with E-state index >= 15 is 0 Å². The van der Waals surface area contributed by atoms with Crippen molar-refractivity contribution < 1.29 is 13.5 Å². The summed E-state index contributed by atoms with van der Waals surface area (Å²) in [6.07, 6.45) is 0.0839. The van der Waals surface area contributed by atoms with E-state index in [0.29, 0.717) is 25.1 Å². The van der Waals surface area contributed by atoms with E-state index in [2.05, 4.69) is 24.1 Å². The Hall–Kier alpha value is -0.260. The van der Waals surface area contributed by atoms with Crippen LogP contribution >= 0.6 is 0 Å². The summed E-state index contributed by atoms with van der Waals surface area (Å²) < 4.78 is 28.5. The summed E-state index contributed by atoms with van der Waals surface area (Å²) in [5.41, 5.74) is 0. The molecule has 0 aliphatic carbocycles. The number of likely N-dealkylation sites (tertiary alicyclic amines) is 1. The van der Waals surface area contributed by atoms with Crippen molar-refractivity contribution in [3.8, 4) is 0 Å². The van der Waals surface area contributed by atoms with Gasteiger partial charge in [0.2, 0.25) is 0 Å². The Morgan fingerprint density at radius 1 is 1.33 bits per heavy atom. The van der Waals surface area contributed by atoms with E-state index in [-0.39, 0.29) is 0 Å². The first-order valence-electron chi connectivity index (χ1n) is 6.95. The summed E-state index contributed by atoms with van der Waals surface area (Å²) in [6.45, 7) is 8.43. The predicted molar refractivity (Wildman–Crippen MR) is 69.1 cm³/mol. The van der Waals surface area contributed by atoms with Gasteiger partial charge in [-0.3, -0.25) is 0 Å². The first-order chi connectivity index (χ1) is 8.63. The minimum atomic E-state index is -2.36.